The smallest absolute Gasteiger partial charge is 0.409 e. The second-order valence-electron chi connectivity index (χ2n) is 3.97. The maximum atomic E-state index is 11.2. The molecule has 0 bridgehead atoms. The summed E-state index contributed by atoms with van der Waals surface area (Å²) in [6.45, 7) is 2.06. The molecular formula is C13H18N2O4. The molecule has 0 unspecified atom stereocenters. The number of alkyl carbamates (subject to hydrolysis) is 1. The largest absolute Gasteiger partial charge is 0.439 e. The van der Waals surface area contributed by atoms with Gasteiger partial charge in [0.1, 0.15) is 6.73 Å². The summed E-state index contributed by atoms with van der Waals surface area (Å²) in [5.74, 6) is 0. The molecule has 6 nitrogen and oxygen atoms in total. The second kappa shape index (κ2) is 8.23. The van der Waals surface area contributed by atoms with Crippen LogP contribution in [0.25, 0.3) is 0 Å². The van der Waals surface area contributed by atoms with Gasteiger partial charge in [0.25, 0.3) is 0 Å². The van der Waals surface area contributed by atoms with Crippen molar-refractivity contribution in [3.63, 3.8) is 0 Å². The van der Waals surface area contributed by atoms with Crippen LogP contribution >= 0.6 is 0 Å². The highest BCUT2D eigenvalue weighted by molar-refractivity contribution is 5.70. The number of nitrogens with zero attached hydrogens (tertiary/aromatic N) is 1. The number of rotatable bonds is 7. The van der Waals surface area contributed by atoms with Crippen molar-refractivity contribution in [2.45, 2.75) is 19.6 Å². The van der Waals surface area contributed by atoms with Crippen LogP contribution in [0.4, 0.5) is 4.79 Å². The fraction of sp³-hybridized carbons (Fsp3) is 0.385. The molecule has 0 saturated heterocycles. The van der Waals surface area contributed by atoms with Crippen LogP contribution in [0, 0.1) is 0 Å². The second-order valence-corrected chi connectivity index (χ2v) is 3.97. The maximum absolute atomic E-state index is 11.2. The van der Waals surface area contributed by atoms with Crippen molar-refractivity contribution >= 4 is 12.4 Å². The van der Waals surface area contributed by atoms with Gasteiger partial charge in [-0.2, -0.15) is 5.06 Å². The van der Waals surface area contributed by atoms with E-state index in [9.17, 15) is 9.59 Å². The summed E-state index contributed by atoms with van der Waals surface area (Å²) in [5, 5.41) is 3.98. The van der Waals surface area contributed by atoms with E-state index in [1.807, 2.05) is 30.3 Å². The fourth-order valence-electron chi connectivity index (χ4n) is 1.33. The Bertz CT molecular complexity index is 397. The average molecular weight is 266 g/mol. The Labute approximate surface area is 112 Å². The highest BCUT2D eigenvalue weighted by Gasteiger charge is 2.07. The van der Waals surface area contributed by atoms with E-state index in [1.54, 1.807) is 12.1 Å². The van der Waals surface area contributed by atoms with Gasteiger partial charge in [-0.1, -0.05) is 30.3 Å². The van der Waals surface area contributed by atoms with Gasteiger partial charge >= 0.3 is 6.09 Å². The van der Waals surface area contributed by atoms with Crippen LogP contribution in [-0.4, -0.2) is 37.3 Å². The van der Waals surface area contributed by atoms with Gasteiger partial charge < -0.3 is 4.74 Å². The molecule has 0 radical (unpaired) electrons. The molecule has 0 fully saturated rings. The Balaban J connectivity index is 2.18. The fourth-order valence-corrected chi connectivity index (χ4v) is 1.33. The number of hydrogen-bond donors (Lipinski definition) is 1. The normalized spacial score (nSPS) is 11.9. The minimum atomic E-state index is -0.762. The number of ether oxygens (including phenoxy) is 1. The van der Waals surface area contributed by atoms with Gasteiger partial charge in [-0.25, -0.2) is 4.79 Å². The summed E-state index contributed by atoms with van der Waals surface area (Å²) in [5.41, 5.74) is 1.10. The number of amides is 1. The standard InChI is InChI=1S/C13H18N2O4/c1-11(9-16)19-13(17)14-10-18-15(2)8-12-6-4-3-5-7-12/h3-7,9,11H,8,10H2,1-2H3,(H,14,17)/t11-/m0/s1. The molecule has 6 heteroatoms. The summed E-state index contributed by atoms with van der Waals surface area (Å²) >= 11 is 0. The molecule has 19 heavy (non-hydrogen) atoms. The lowest BCUT2D eigenvalue weighted by Crippen LogP contribution is -2.33. The number of carbonyl (C=O) groups is 2. The zero-order chi connectivity index (χ0) is 14.1. The van der Waals surface area contributed by atoms with E-state index in [1.165, 1.54) is 6.92 Å². The zero-order valence-corrected chi connectivity index (χ0v) is 11.0. The number of benzene rings is 1. The molecule has 0 aromatic heterocycles. The highest BCUT2D eigenvalue weighted by Crippen LogP contribution is 2.02. The lowest BCUT2D eigenvalue weighted by molar-refractivity contribution is -0.151. The van der Waals surface area contributed by atoms with E-state index in [-0.39, 0.29) is 6.73 Å². The first-order chi connectivity index (χ1) is 9.11. The van der Waals surface area contributed by atoms with Gasteiger partial charge in [0.15, 0.2) is 12.4 Å². The van der Waals surface area contributed by atoms with Crippen molar-refractivity contribution in [2.75, 3.05) is 13.8 Å². The Hall–Kier alpha value is -1.92. The molecule has 1 atom stereocenters. The van der Waals surface area contributed by atoms with Gasteiger partial charge in [0.2, 0.25) is 0 Å². The number of hydrogen-bond acceptors (Lipinski definition) is 5. The Morgan fingerprint density at radius 1 is 1.42 bits per heavy atom. The van der Waals surface area contributed by atoms with Crippen molar-refractivity contribution in [2.24, 2.45) is 0 Å². The molecule has 1 amide bonds. The Morgan fingerprint density at radius 2 is 2.11 bits per heavy atom. The lowest BCUT2D eigenvalue weighted by Gasteiger charge is -2.17. The van der Waals surface area contributed by atoms with Crippen molar-refractivity contribution in [3.05, 3.63) is 35.9 Å². The predicted molar refractivity (Wildman–Crippen MR) is 69.0 cm³/mol. The Morgan fingerprint density at radius 3 is 2.74 bits per heavy atom. The SMILES string of the molecule is C[C@@H](C=O)OC(=O)NCON(C)Cc1ccccc1. The summed E-state index contributed by atoms with van der Waals surface area (Å²) in [4.78, 5) is 26.7. The summed E-state index contributed by atoms with van der Waals surface area (Å²) < 4.78 is 4.68. The monoisotopic (exact) mass is 266 g/mol. The van der Waals surface area contributed by atoms with Crippen LogP contribution in [-0.2, 0) is 20.9 Å². The van der Waals surface area contributed by atoms with E-state index in [0.717, 1.165) is 5.56 Å². The summed E-state index contributed by atoms with van der Waals surface area (Å²) in [6.07, 6.45) is -0.906. The van der Waals surface area contributed by atoms with Gasteiger partial charge in [-0.15, -0.1) is 0 Å². The number of hydroxylamine groups is 2. The average Bonchev–Trinajstić information content (AvgIpc) is 2.39. The van der Waals surface area contributed by atoms with Crippen LogP contribution in [0.1, 0.15) is 12.5 Å². The van der Waals surface area contributed by atoms with Gasteiger partial charge in [0.05, 0.1) is 0 Å². The van der Waals surface area contributed by atoms with E-state index >= 15 is 0 Å². The lowest BCUT2D eigenvalue weighted by atomic mass is 10.2. The highest BCUT2D eigenvalue weighted by atomic mass is 16.7. The van der Waals surface area contributed by atoms with Crippen LogP contribution in [0.15, 0.2) is 30.3 Å². The van der Waals surface area contributed by atoms with E-state index in [0.29, 0.717) is 12.8 Å². The molecule has 1 rings (SSSR count). The number of nitrogens with one attached hydrogen (secondary N) is 1. The molecule has 1 aromatic rings. The van der Waals surface area contributed by atoms with Crippen molar-refractivity contribution in [1.82, 2.24) is 10.4 Å². The maximum Gasteiger partial charge on any atom is 0.409 e. The van der Waals surface area contributed by atoms with E-state index < -0.39 is 12.2 Å². The number of aldehydes is 1. The topological polar surface area (TPSA) is 67.9 Å². The first-order valence-electron chi connectivity index (χ1n) is 5.89. The zero-order valence-electron chi connectivity index (χ0n) is 11.0. The molecule has 0 heterocycles. The van der Waals surface area contributed by atoms with E-state index in [2.05, 4.69) is 10.1 Å². The van der Waals surface area contributed by atoms with Gasteiger partial charge in [-0.3, -0.25) is 14.9 Å². The van der Waals surface area contributed by atoms with Crippen molar-refractivity contribution < 1.29 is 19.2 Å². The minimum absolute atomic E-state index is 0.0201. The third kappa shape index (κ3) is 6.54. The quantitative estimate of drug-likeness (QED) is 0.458. The summed E-state index contributed by atoms with van der Waals surface area (Å²) in [7, 11) is 1.76. The third-order valence-electron chi connectivity index (χ3n) is 2.23. The van der Waals surface area contributed by atoms with Crippen LogP contribution in [0.5, 0.6) is 0 Å². The molecule has 1 aromatic carbocycles. The van der Waals surface area contributed by atoms with Crippen LogP contribution < -0.4 is 5.32 Å². The van der Waals surface area contributed by atoms with Crippen molar-refractivity contribution in [3.8, 4) is 0 Å². The molecule has 0 aliphatic carbocycles. The summed E-state index contributed by atoms with van der Waals surface area (Å²) in [6, 6.07) is 9.79. The molecule has 0 aliphatic rings. The molecule has 0 aliphatic heterocycles. The van der Waals surface area contributed by atoms with Crippen LogP contribution in [0.3, 0.4) is 0 Å². The van der Waals surface area contributed by atoms with Gasteiger partial charge in [-0.05, 0) is 12.5 Å². The first kappa shape index (κ1) is 15.1. The van der Waals surface area contributed by atoms with Crippen LogP contribution in [0.2, 0.25) is 0 Å². The van der Waals surface area contributed by atoms with Crippen molar-refractivity contribution in [1.29, 1.82) is 0 Å². The third-order valence-corrected chi connectivity index (χ3v) is 2.23. The van der Waals surface area contributed by atoms with Gasteiger partial charge in [0, 0.05) is 13.6 Å². The molecule has 0 saturated carbocycles. The molecule has 1 N–H and O–H groups in total. The first-order valence-corrected chi connectivity index (χ1v) is 5.89. The Kier molecular flexibility index (Phi) is 6.56. The van der Waals surface area contributed by atoms with E-state index in [4.69, 9.17) is 4.84 Å². The minimum Gasteiger partial charge on any atom is -0.439 e. The molecule has 0 spiro atoms. The molecular weight excluding hydrogens is 248 g/mol. The molecule has 104 valence electrons. The number of carbonyl (C=O) groups excluding carboxylic acids is 2. The predicted octanol–water partition coefficient (Wildman–Crippen LogP) is 1.32.